The Morgan fingerprint density at radius 1 is 1.12 bits per heavy atom. The predicted molar refractivity (Wildman–Crippen MR) is 95.5 cm³/mol. The van der Waals surface area contributed by atoms with E-state index in [1.807, 2.05) is 39.0 Å². The third-order valence-corrected chi connectivity index (χ3v) is 3.75. The first-order chi connectivity index (χ1) is 12.0. The number of nitrogens with one attached hydrogen (secondary N) is 2. The van der Waals surface area contributed by atoms with Crippen molar-refractivity contribution in [2.45, 2.75) is 33.7 Å². The Balaban J connectivity index is 2.13. The summed E-state index contributed by atoms with van der Waals surface area (Å²) in [6.45, 7) is 8.25. The van der Waals surface area contributed by atoms with Gasteiger partial charge in [-0.3, -0.25) is 9.59 Å². The molecule has 0 aliphatic heterocycles. The fourth-order valence-corrected chi connectivity index (χ4v) is 2.42. The summed E-state index contributed by atoms with van der Waals surface area (Å²) in [7, 11) is 0. The van der Waals surface area contributed by atoms with Gasteiger partial charge in [-0.2, -0.15) is 0 Å². The summed E-state index contributed by atoms with van der Waals surface area (Å²) < 4.78 is 11.2. The molecule has 134 valence electrons. The highest BCUT2D eigenvalue weighted by Gasteiger charge is 2.16. The standard InChI is InChI=1S/C19H24N2O4/c1-5-24-17-8-7-14(10-18(17)25-6-2)12(3)21-19(23)16-9-15(11-20-16)13(4)22/h7-12,20H,5-6H2,1-4H3,(H,21,23)/t12-/m0/s1. The summed E-state index contributed by atoms with van der Waals surface area (Å²) in [5.74, 6) is 0.979. The minimum Gasteiger partial charge on any atom is -0.490 e. The van der Waals surface area contributed by atoms with Gasteiger partial charge in [0.25, 0.3) is 5.91 Å². The predicted octanol–water partition coefficient (Wildman–Crippen LogP) is 3.51. The van der Waals surface area contributed by atoms with E-state index in [2.05, 4.69) is 10.3 Å². The molecule has 2 aromatic rings. The Bertz CT molecular complexity index is 752. The van der Waals surface area contributed by atoms with Crippen LogP contribution in [0.1, 0.15) is 60.1 Å². The van der Waals surface area contributed by atoms with Crippen molar-refractivity contribution in [3.05, 3.63) is 47.3 Å². The molecular weight excluding hydrogens is 320 g/mol. The second kappa shape index (κ2) is 8.37. The van der Waals surface area contributed by atoms with E-state index in [9.17, 15) is 9.59 Å². The molecule has 1 atom stereocenters. The number of ether oxygens (including phenoxy) is 2. The number of carbonyl (C=O) groups is 2. The highest BCUT2D eigenvalue weighted by Crippen LogP contribution is 2.30. The number of aromatic amines is 1. The van der Waals surface area contributed by atoms with Crippen molar-refractivity contribution in [2.24, 2.45) is 0 Å². The van der Waals surface area contributed by atoms with Crippen LogP contribution in [-0.2, 0) is 0 Å². The van der Waals surface area contributed by atoms with Crippen LogP contribution in [0, 0.1) is 0 Å². The molecule has 0 spiro atoms. The van der Waals surface area contributed by atoms with E-state index in [0.29, 0.717) is 36.0 Å². The molecule has 0 fully saturated rings. The number of amides is 1. The molecule has 6 nitrogen and oxygen atoms in total. The summed E-state index contributed by atoms with van der Waals surface area (Å²) in [6, 6.07) is 6.93. The van der Waals surface area contributed by atoms with Crippen molar-refractivity contribution >= 4 is 11.7 Å². The highest BCUT2D eigenvalue weighted by molar-refractivity contribution is 5.99. The zero-order chi connectivity index (χ0) is 18.4. The Kier molecular flexibility index (Phi) is 6.22. The summed E-state index contributed by atoms with van der Waals surface area (Å²) in [5, 5.41) is 2.91. The molecule has 0 aliphatic carbocycles. The molecule has 0 bridgehead atoms. The molecule has 25 heavy (non-hydrogen) atoms. The second-order valence-electron chi connectivity index (χ2n) is 5.63. The SMILES string of the molecule is CCOc1ccc([C@H](C)NC(=O)c2cc(C(C)=O)c[nH]2)cc1OCC. The van der Waals surface area contributed by atoms with Crippen molar-refractivity contribution in [2.75, 3.05) is 13.2 Å². The lowest BCUT2D eigenvalue weighted by molar-refractivity contribution is 0.0935. The number of benzene rings is 1. The minimum atomic E-state index is -0.271. The number of Topliss-reactive ketones (excluding diaryl/α,β-unsaturated/α-hetero) is 1. The minimum absolute atomic E-state index is 0.0868. The molecule has 2 N–H and O–H groups in total. The topological polar surface area (TPSA) is 80.4 Å². The van der Waals surface area contributed by atoms with Crippen LogP contribution in [0.4, 0.5) is 0 Å². The monoisotopic (exact) mass is 344 g/mol. The van der Waals surface area contributed by atoms with E-state index >= 15 is 0 Å². The van der Waals surface area contributed by atoms with Gasteiger partial charge in [-0.15, -0.1) is 0 Å². The number of rotatable bonds is 8. The number of carbonyl (C=O) groups excluding carboxylic acids is 2. The third-order valence-electron chi connectivity index (χ3n) is 3.75. The Hall–Kier alpha value is -2.76. The van der Waals surface area contributed by atoms with Gasteiger partial charge in [-0.25, -0.2) is 0 Å². The van der Waals surface area contributed by atoms with Crippen molar-refractivity contribution in [1.82, 2.24) is 10.3 Å². The fourth-order valence-electron chi connectivity index (χ4n) is 2.42. The molecule has 0 aliphatic rings. The van der Waals surface area contributed by atoms with Gasteiger partial charge in [-0.1, -0.05) is 6.07 Å². The quantitative estimate of drug-likeness (QED) is 0.718. The summed E-state index contributed by atoms with van der Waals surface area (Å²) in [6.07, 6.45) is 1.53. The van der Waals surface area contributed by atoms with E-state index in [-0.39, 0.29) is 17.7 Å². The van der Waals surface area contributed by atoms with Gasteiger partial charge in [0.1, 0.15) is 5.69 Å². The van der Waals surface area contributed by atoms with E-state index in [1.54, 1.807) is 6.07 Å². The smallest absolute Gasteiger partial charge is 0.268 e. The fraction of sp³-hybridized carbons (Fsp3) is 0.368. The lowest BCUT2D eigenvalue weighted by Crippen LogP contribution is -2.26. The molecule has 1 aromatic heterocycles. The lowest BCUT2D eigenvalue weighted by Gasteiger charge is -2.17. The molecule has 2 rings (SSSR count). The summed E-state index contributed by atoms with van der Waals surface area (Å²) >= 11 is 0. The van der Waals surface area contributed by atoms with E-state index in [1.165, 1.54) is 13.1 Å². The maximum atomic E-state index is 12.3. The number of aromatic nitrogens is 1. The Morgan fingerprint density at radius 3 is 2.40 bits per heavy atom. The van der Waals surface area contributed by atoms with Crippen LogP contribution in [0.15, 0.2) is 30.5 Å². The molecule has 0 saturated carbocycles. The average Bonchev–Trinajstić information content (AvgIpc) is 3.07. The number of H-pyrrole nitrogens is 1. The molecule has 1 amide bonds. The number of hydrogen-bond acceptors (Lipinski definition) is 4. The van der Waals surface area contributed by atoms with Crippen LogP contribution < -0.4 is 14.8 Å². The largest absolute Gasteiger partial charge is 0.490 e. The average molecular weight is 344 g/mol. The van der Waals surface area contributed by atoms with Crippen molar-refractivity contribution in [1.29, 1.82) is 0 Å². The van der Waals surface area contributed by atoms with Gasteiger partial charge >= 0.3 is 0 Å². The Morgan fingerprint density at radius 2 is 1.80 bits per heavy atom. The zero-order valence-corrected chi connectivity index (χ0v) is 15.0. The maximum absolute atomic E-state index is 12.3. The second-order valence-corrected chi connectivity index (χ2v) is 5.63. The molecule has 0 radical (unpaired) electrons. The van der Waals surface area contributed by atoms with Crippen LogP contribution >= 0.6 is 0 Å². The summed E-state index contributed by atoms with van der Waals surface area (Å²) in [4.78, 5) is 26.5. The summed E-state index contributed by atoms with van der Waals surface area (Å²) in [5.41, 5.74) is 1.74. The first kappa shape index (κ1) is 18.6. The van der Waals surface area contributed by atoms with E-state index in [0.717, 1.165) is 5.56 Å². The van der Waals surface area contributed by atoms with Crippen LogP contribution in [0.2, 0.25) is 0 Å². The first-order valence-corrected chi connectivity index (χ1v) is 8.36. The number of ketones is 1. The van der Waals surface area contributed by atoms with Gasteiger partial charge in [-0.05, 0) is 51.5 Å². The van der Waals surface area contributed by atoms with Crippen LogP contribution in [0.3, 0.4) is 0 Å². The van der Waals surface area contributed by atoms with Crippen LogP contribution in [0.25, 0.3) is 0 Å². The van der Waals surface area contributed by atoms with Gasteiger partial charge in [0, 0.05) is 11.8 Å². The normalized spacial score (nSPS) is 11.7. The zero-order valence-electron chi connectivity index (χ0n) is 15.0. The molecule has 1 heterocycles. The van der Waals surface area contributed by atoms with Gasteiger partial charge in [0.15, 0.2) is 17.3 Å². The van der Waals surface area contributed by atoms with E-state index in [4.69, 9.17) is 9.47 Å². The van der Waals surface area contributed by atoms with Crippen molar-refractivity contribution < 1.29 is 19.1 Å². The van der Waals surface area contributed by atoms with Gasteiger partial charge in [0.05, 0.1) is 19.3 Å². The van der Waals surface area contributed by atoms with E-state index < -0.39 is 0 Å². The number of hydrogen-bond donors (Lipinski definition) is 2. The molecule has 6 heteroatoms. The molecule has 0 unspecified atom stereocenters. The highest BCUT2D eigenvalue weighted by atomic mass is 16.5. The van der Waals surface area contributed by atoms with Crippen LogP contribution in [0.5, 0.6) is 11.5 Å². The molecular formula is C19H24N2O4. The van der Waals surface area contributed by atoms with Gasteiger partial charge < -0.3 is 19.8 Å². The Labute approximate surface area is 147 Å². The first-order valence-electron chi connectivity index (χ1n) is 8.36. The lowest BCUT2D eigenvalue weighted by atomic mass is 10.1. The molecule has 0 saturated heterocycles. The maximum Gasteiger partial charge on any atom is 0.268 e. The third kappa shape index (κ3) is 4.62. The molecule has 1 aromatic carbocycles. The van der Waals surface area contributed by atoms with Crippen LogP contribution in [-0.4, -0.2) is 29.9 Å². The van der Waals surface area contributed by atoms with Gasteiger partial charge in [0.2, 0.25) is 0 Å². The van der Waals surface area contributed by atoms with Crippen molar-refractivity contribution in [3.63, 3.8) is 0 Å². The van der Waals surface area contributed by atoms with Crippen molar-refractivity contribution in [3.8, 4) is 11.5 Å².